The summed E-state index contributed by atoms with van der Waals surface area (Å²) in [5, 5.41) is 0.700. The molecule has 0 heterocycles. The lowest BCUT2D eigenvalue weighted by Crippen LogP contribution is -2.24. The molecule has 1 atom stereocenters. The van der Waals surface area contributed by atoms with Crippen molar-refractivity contribution in [2.24, 2.45) is 5.90 Å². The first kappa shape index (κ1) is 21.7. The van der Waals surface area contributed by atoms with Gasteiger partial charge in [0.25, 0.3) is 0 Å². The van der Waals surface area contributed by atoms with E-state index in [0.29, 0.717) is 10.6 Å². The number of nitrogens with one attached hydrogen (secondary N) is 1. The summed E-state index contributed by atoms with van der Waals surface area (Å²) in [4.78, 5) is 21.8. The topological polar surface area (TPSA) is 82.8 Å². The average Bonchev–Trinajstić information content (AvgIpc) is 2.71. The van der Waals surface area contributed by atoms with E-state index >= 15 is 0 Å². The highest BCUT2D eigenvalue weighted by Crippen LogP contribution is 2.21. The molecule has 0 saturated carbocycles. The van der Waals surface area contributed by atoms with Gasteiger partial charge in [0.15, 0.2) is 0 Å². The van der Waals surface area contributed by atoms with Crippen molar-refractivity contribution >= 4 is 29.2 Å². The van der Waals surface area contributed by atoms with Crippen molar-refractivity contribution in [2.45, 2.75) is 19.6 Å². The quantitative estimate of drug-likeness (QED) is 0.376. The Bertz CT molecular complexity index is 835. The van der Waals surface area contributed by atoms with Gasteiger partial charge in [0.05, 0.1) is 20.0 Å². The Balaban J connectivity index is 1.98. The molecule has 2 rings (SSSR count). The third-order valence-electron chi connectivity index (χ3n) is 3.81. The van der Waals surface area contributed by atoms with E-state index in [1.165, 1.54) is 13.4 Å². The molecule has 0 aliphatic heterocycles. The third-order valence-corrected chi connectivity index (χ3v) is 4.07. The first-order chi connectivity index (χ1) is 13.5. The van der Waals surface area contributed by atoms with Crippen LogP contribution in [0.2, 0.25) is 5.02 Å². The van der Waals surface area contributed by atoms with Gasteiger partial charge in [0.2, 0.25) is 0 Å². The molecule has 2 aromatic rings. The molecule has 28 heavy (non-hydrogen) atoms. The molecule has 3 N–H and O–H groups in total. The molecular formula is C21H23ClN2O4. The number of carbonyl (C=O) groups excluding carboxylic acids is 1. The molecule has 0 fully saturated rings. The van der Waals surface area contributed by atoms with Gasteiger partial charge in [-0.2, -0.15) is 11.4 Å². The van der Waals surface area contributed by atoms with E-state index in [-0.39, 0.29) is 18.2 Å². The Hall–Kier alpha value is -2.64. The van der Waals surface area contributed by atoms with Gasteiger partial charge in [-0.25, -0.2) is 4.79 Å². The number of halogens is 1. The normalized spacial score (nSPS) is 12.8. The Labute approximate surface area is 169 Å². The smallest absolute Gasteiger partial charge is 0.360 e. The summed E-state index contributed by atoms with van der Waals surface area (Å²) in [6, 6.07) is 14.8. The van der Waals surface area contributed by atoms with Crippen molar-refractivity contribution in [3.8, 4) is 0 Å². The van der Waals surface area contributed by atoms with Crippen LogP contribution in [0.15, 0.2) is 60.9 Å². The highest BCUT2D eigenvalue weighted by molar-refractivity contribution is 6.30. The number of hydroxylamine groups is 1. The number of benzene rings is 2. The second-order valence-electron chi connectivity index (χ2n) is 5.94. The number of hydrogen-bond donors (Lipinski definition) is 2. The number of nitrogens with two attached hydrogens (primary N) is 1. The van der Waals surface area contributed by atoms with E-state index in [0.717, 1.165) is 11.1 Å². The van der Waals surface area contributed by atoms with Gasteiger partial charge in [0.1, 0.15) is 5.57 Å². The van der Waals surface area contributed by atoms with Crippen LogP contribution in [-0.2, 0) is 25.8 Å². The molecule has 0 radical (unpaired) electrons. The van der Waals surface area contributed by atoms with Crippen molar-refractivity contribution in [1.82, 2.24) is 5.48 Å². The minimum Gasteiger partial charge on any atom is -0.503 e. The predicted molar refractivity (Wildman–Crippen MR) is 110 cm³/mol. The molecule has 0 aliphatic carbocycles. The monoisotopic (exact) mass is 402 g/mol. The maximum atomic E-state index is 11.9. The summed E-state index contributed by atoms with van der Waals surface area (Å²) >= 11 is 5.88. The number of carbonyl (C=O) groups is 1. The zero-order valence-corrected chi connectivity index (χ0v) is 16.5. The van der Waals surface area contributed by atoms with E-state index in [1.54, 1.807) is 12.1 Å². The van der Waals surface area contributed by atoms with Crippen molar-refractivity contribution < 1.29 is 19.2 Å². The van der Waals surface area contributed by atoms with Crippen molar-refractivity contribution in [3.63, 3.8) is 0 Å². The molecule has 7 heteroatoms. The lowest BCUT2D eigenvalue weighted by molar-refractivity contribution is -0.137. The molecule has 0 amide bonds. The first-order valence-corrected chi connectivity index (χ1v) is 8.96. The van der Waals surface area contributed by atoms with Crippen molar-refractivity contribution in [2.75, 3.05) is 7.11 Å². The van der Waals surface area contributed by atoms with Crippen LogP contribution >= 0.6 is 11.6 Å². The summed E-state index contributed by atoms with van der Waals surface area (Å²) in [6.07, 6.45) is 5.23. The fourth-order valence-corrected chi connectivity index (χ4v) is 2.56. The minimum atomic E-state index is -0.693. The molecule has 0 spiro atoms. The zero-order chi connectivity index (χ0) is 20.4. The van der Waals surface area contributed by atoms with Crippen LogP contribution in [-0.4, -0.2) is 19.1 Å². The van der Waals surface area contributed by atoms with Crippen LogP contribution in [0.4, 0.5) is 0 Å². The molecule has 6 nitrogen and oxygen atoms in total. The highest BCUT2D eigenvalue weighted by Gasteiger charge is 2.17. The van der Waals surface area contributed by atoms with Gasteiger partial charge in [-0.05, 0) is 35.7 Å². The lowest BCUT2D eigenvalue weighted by Gasteiger charge is -2.13. The van der Waals surface area contributed by atoms with Crippen LogP contribution in [0.5, 0.6) is 0 Å². The molecule has 0 saturated heterocycles. The zero-order valence-electron chi connectivity index (χ0n) is 15.7. The second kappa shape index (κ2) is 11.3. The fourth-order valence-electron chi connectivity index (χ4n) is 2.43. The van der Waals surface area contributed by atoms with Crippen LogP contribution in [0.1, 0.15) is 23.6 Å². The van der Waals surface area contributed by atoms with Gasteiger partial charge in [0, 0.05) is 11.1 Å². The maximum absolute atomic E-state index is 11.9. The van der Waals surface area contributed by atoms with Crippen molar-refractivity contribution in [3.05, 3.63) is 82.6 Å². The highest BCUT2D eigenvalue weighted by atomic mass is 35.5. The summed E-state index contributed by atoms with van der Waals surface area (Å²) in [5.41, 5.74) is 5.59. The van der Waals surface area contributed by atoms with Gasteiger partial charge < -0.3 is 9.57 Å². The lowest BCUT2D eigenvalue weighted by atomic mass is 10.0. The molecule has 0 aliphatic rings. The van der Waals surface area contributed by atoms with Crippen LogP contribution in [0.3, 0.4) is 0 Å². The largest absolute Gasteiger partial charge is 0.503 e. The SMILES string of the molecule is CO/C=C(/C(=O)ON)c1ccccc1CONC(C)/C=C/c1ccc(Cl)cc1. The summed E-state index contributed by atoms with van der Waals surface area (Å²) in [7, 11) is 1.44. The van der Waals surface area contributed by atoms with E-state index in [9.17, 15) is 4.79 Å². The predicted octanol–water partition coefficient (Wildman–Crippen LogP) is 3.87. The van der Waals surface area contributed by atoms with Crippen LogP contribution in [0.25, 0.3) is 11.6 Å². The standard InChI is InChI=1S/C21H23ClN2O4/c1-15(7-8-16-9-11-18(22)12-10-16)24-27-13-17-5-3-4-6-19(17)20(14-26-2)21(25)28-23/h3-12,14-15,24H,13,23H2,1-2H3/b8-7+,20-14+. The Morgan fingerprint density at radius 1 is 1.21 bits per heavy atom. The molecule has 0 aromatic heterocycles. The third kappa shape index (κ3) is 6.51. The summed E-state index contributed by atoms with van der Waals surface area (Å²) in [5.74, 6) is 4.32. The minimum absolute atomic E-state index is 0.0363. The summed E-state index contributed by atoms with van der Waals surface area (Å²) in [6.45, 7) is 2.19. The number of methoxy groups -OCH3 is 1. The number of ether oxygens (including phenoxy) is 1. The molecule has 0 bridgehead atoms. The van der Waals surface area contributed by atoms with Crippen LogP contribution in [0, 0.1) is 0 Å². The van der Waals surface area contributed by atoms with Gasteiger partial charge in [-0.15, -0.1) is 0 Å². The van der Waals surface area contributed by atoms with E-state index in [1.807, 2.05) is 55.5 Å². The molecule has 1 unspecified atom stereocenters. The van der Waals surface area contributed by atoms with Gasteiger partial charge in [-0.1, -0.05) is 60.2 Å². The number of hydrogen-bond acceptors (Lipinski definition) is 6. The Morgan fingerprint density at radius 3 is 2.61 bits per heavy atom. The van der Waals surface area contributed by atoms with E-state index < -0.39 is 5.97 Å². The fraction of sp³-hybridized carbons (Fsp3) is 0.190. The van der Waals surface area contributed by atoms with E-state index in [2.05, 4.69) is 10.3 Å². The molecular weight excluding hydrogens is 380 g/mol. The van der Waals surface area contributed by atoms with E-state index in [4.69, 9.17) is 27.1 Å². The van der Waals surface area contributed by atoms with Crippen LogP contribution < -0.4 is 11.4 Å². The summed E-state index contributed by atoms with van der Waals surface area (Å²) < 4.78 is 4.97. The average molecular weight is 403 g/mol. The van der Waals surface area contributed by atoms with Gasteiger partial charge >= 0.3 is 5.97 Å². The molecule has 2 aromatic carbocycles. The maximum Gasteiger partial charge on any atom is 0.360 e. The Kier molecular flexibility index (Phi) is 8.71. The molecule has 148 valence electrons. The number of rotatable bonds is 9. The van der Waals surface area contributed by atoms with Crippen molar-refractivity contribution in [1.29, 1.82) is 0 Å². The first-order valence-electron chi connectivity index (χ1n) is 8.58. The Morgan fingerprint density at radius 2 is 1.93 bits per heavy atom. The second-order valence-corrected chi connectivity index (χ2v) is 6.37. The van der Waals surface area contributed by atoms with Gasteiger partial charge in [-0.3, -0.25) is 4.84 Å².